The first kappa shape index (κ1) is 7.63. The standard InChI is InChI=1S/C6H5ClN4/c7-5-1-4(9)3(2-8)6(10)11-5/h1H,(H4,9,10,11). The molecule has 1 heterocycles. The van der Waals surface area contributed by atoms with E-state index in [1.807, 2.05) is 6.07 Å². The van der Waals surface area contributed by atoms with Crippen LogP contribution in [0.5, 0.6) is 0 Å². The molecule has 1 aromatic heterocycles. The number of hydrogen-bond acceptors (Lipinski definition) is 4. The maximum atomic E-state index is 8.50. The maximum absolute atomic E-state index is 8.50. The number of anilines is 2. The molecule has 1 aromatic rings. The van der Waals surface area contributed by atoms with Crippen molar-refractivity contribution in [2.75, 3.05) is 11.5 Å². The monoisotopic (exact) mass is 168 g/mol. The van der Waals surface area contributed by atoms with Crippen LogP contribution in [0.4, 0.5) is 11.5 Å². The van der Waals surface area contributed by atoms with Gasteiger partial charge >= 0.3 is 0 Å². The molecule has 0 radical (unpaired) electrons. The summed E-state index contributed by atoms with van der Waals surface area (Å²) in [6.45, 7) is 0. The first-order valence-electron chi connectivity index (χ1n) is 2.76. The molecule has 0 amide bonds. The van der Waals surface area contributed by atoms with Gasteiger partial charge in [0.15, 0.2) is 0 Å². The molecule has 0 aromatic carbocycles. The summed E-state index contributed by atoms with van der Waals surface area (Å²) in [6, 6.07) is 3.20. The zero-order chi connectivity index (χ0) is 8.43. The van der Waals surface area contributed by atoms with Crippen LogP contribution < -0.4 is 11.5 Å². The highest BCUT2D eigenvalue weighted by Crippen LogP contribution is 2.19. The Morgan fingerprint density at radius 3 is 2.64 bits per heavy atom. The van der Waals surface area contributed by atoms with Crippen LogP contribution in [0, 0.1) is 11.3 Å². The highest BCUT2D eigenvalue weighted by atomic mass is 35.5. The molecule has 0 bridgehead atoms. The van der Waals surface area contributed by atoms with E-state index in [1.165, 1.54) is 6.07 Å². The Morgan fingerprint density at radius 2 is 2.18 bits per heavy atom. The predicted molar refractivity (Wildman–Crippen MR) is 42.8 cm³/mol. The van der Waals surface area contributed by atoms with E-state index in [4.69, 9.17) is 28.3 Å². The number of nitrogens with zero attached hydrogens (tertiary/aromatic N) is 2. The lowest BCUT2D eigenvalue weighted by atomic mass is 10.2. The van der Waals surface area contributed by atoms with Crippen molar-refractivity contribution in [2.24, 2.45) is 0 Å². The van der Waals surface area contributed by atoms with Gasteiger partial charge in [-0.05, 0) is 6.07 Å². The van der Waals surface area contributed by atoms with Crippen LogP contribution in [-0.2, 0) is 0 Å². The number of pyridine rings is 1. The third kappa shape index (κ3) is 1.33. The van der Waals surface area contributed by atoms with Gasteiger partial charge in [0.25, 0.3) is 0 Å². The van der Waals surface area contributed by atoms with E-state index in [-0.39, 0.29) is 22.2 Å². The van der Waals surface area contributed by atoms with E-state index in [9.17, 15) is 0 Å². The van der Waals surface area contributed by atoms with Gasteiger partial charge < -0.3 is 11.5 Å². The van der Waals surface area contributed by atoms with Gasteiger partial charge in [-0.3, -0.25) is 0 Å². The van der Waals surface area contributed by atoms with Gasteiger partial charge in [0.2, 0.25) is 0 Å². The number of rotatable bonds is 0. The number of nitriles is 1. The second-order valence-corrected chi connectivity index (χ2v) is 2.29. The van der Waals surface area contributed by atoms with Crippen molar-refractivity contribution in [3.8, 4) is 6.07 Å². The molecule has 56 valence electrons. The van der Waals surface area contributed by atoms with E-state index in [2.05, 4.69) is 4.98 Å². The Balaban J connectivity index is 3.40. The summed E-state index contributed by atoms with van der Waals surface area (Å²) in [5, 5.41) is 8.69. The van der Waals surface area contributed by atoms with Gasteiger partial charge in [-0.15, -0.1) is 0 Å². The highest BCUT2D eigenvalue weighted by molar-refractivity contribution is 6.29. The molecule has 11 heavy (non-hydrogen) atoms. The van der Waals surface area contributed by atoms with Gasteiger partial charge in [0.05, 0.1) is 5.69 Å². The number of halogens is 1. The zero-order valence-corrected chi connectivity index (χ0v) is 6.26. The average Bonchev–Trinajstić information content (AvgIpc) is 1.85. The molecular weight excluding hydrogens is 164 g/mol. The molecule has 0 saturated heterocycles. The van der Waals surface area contributed by atoms with Crippen molar-refractivity contribution in [2.45, 2.75) is 0 Å². The number of nitrogens with two attached hydrogens (primary N) is 2. The van der Waals surface area contributed by atoms with Gasteiger partial charge in [0, 0.05) is 0 Å². The Morgan fingerprint density at radius 1 is 1.55 bits per heavy atom. The van der Waals surface area contributed by atoms with E-state index in [0.29, 0.717) is 0 Å². The molecule has 0 aliphatic carbocycles. The van der Waals surface area contributed by atoms with Gasteiger partial charge in [0.1, 0.15) is 22.6 Å². The smallest absolute Gasteiger partial charge is 0.145 e. The average molecular weight is 169 g/mol. The Kier molecular flexibility index (Phi) is 1.83. The van der Waals surface area contributed by atoms with Gasteiger partial charge in [-0.25, -0.2) is 4.98 Å². The van der Waals surface area contributed by atoms with Crippen molar-refractivity contribution in [1.82, 2.24) is 4.98 Å². The molecule has 1 rings (SSSR count). The van der Waals surface area contributed by atoms with Crippen LogP contribution in [-0.4, -0.2) is 4.98 Å². The second-order valence-electron chi connectivity index (χ2n) is 1.91. The predicted octanol–water partition coefficient (Wildman–Crippen LogP) is 0.771. The normalized spacial score (nSPS) is 9.09. The molecule has 0 unspecified atom stereocenters. The van der Waals surface area contributed by atoms with Crippen LogP contribution in [0.2, 0.25) is 5.15 Å². The second kappa shape index (κ2) is 2.64. The summed E-state index contributed by atoms with van der Waals surface area (Å²) in [5.74, 6) is 0.0671. The minimum atomic E-state index is 0.0671. The van der Waals surface area contributed by atoms with Crippen LogP contribution in [0.15, 0.2) is 6.07 Å². The molecule has 0 aliphatic rings. The minimum absolute atomic E-state index is 0.0671. The lowest BCUT2D eigenvalue weighted by Crippen LogP contribution is -1.99. The Bertz CT molecular complexity index is 305. The van der Waals surface area contributed by atoms with Crippen molar-refractivity contribution in [3.63, 3.8) is 0 Å². The third-order valence-corrected chi connectivity index (χ3v) is 1.35. The summed E-state index contributed by atoms with van der Waals surface area (Å²) < 4.78 is 0. The molecule has 0 spiro atoms. The topological polar surface area (TPSA) is 88.7 Å². The summed E-state index contributed by atoms with van der Waals surface area (Å²) in [5.41, 5.74) is 11.2. The lowest BCUT2D eigenvalue weighted by Gasteiger charge is -1.99. The molecule has 0 aliphatic heterocycles. The Labute approximate surface area is 68.4 Å². The van der Waals surface area contributed by atoms with E-state index in [0.717, 1.165) is 0 Å². The van der Waals surface area contributed by atoms with Crippen molar-refractivity contribution >= 4 is 23.1 Å². The maximum Gasteiger partial charge on any atom is 0.145 e. The summed E-state index contributed by atoms with van der Waals surface area (Å²) in [6.07, 6.45) is 0. The number of aromatic nitrogens is 1. The van der Waals surface area contributed by atoms with Crippen molar-refractivity contribution in [1.29, 1.82) is 5.26 Å². The SMILES string of the molecule is N#Cc1c(N)cc(Cl)nc1N. The molecule has 4 N–H and O–H groups in total. The van der Waals surface area contributed by atoms with E-state index >= 15 is 0 Å². The largest absolute Gasteiger partial charge is 0.397 e. The van der Waals surface area contributed by atoms with Crippen molar-refractivity contribution in [3.05, 3.63) is 16.8 Å². The fourth-order valence-corrected chi connectivity index (χ4v) is 0.882. The summed E-state index contributed by atoms with van der Waals surface area (Å²) >= 11 is 5.50. The van der Waals surface area contributed by atoms with Gasteiger partial charge in [-0.2, -0.15) is 5.26 Å². The van der Waals surface area contributed by atoms with Crippen molar-refractivity contribution < 1.29 is 0 Å². The van der Waals surface area contributed by atoms with Gasteiger partial charge in [-0.1, -0.05) is 11.6 Å². The molecule has 0 atom stereocenters. The highest BCUT2D eigenvalue weighted by Gasteiger charge is 2.05. The quantitative estimate of drug-likeness (QED) is 0.560. The number of nitrogen functional groups attached to an aromatic ring is 2. The fraction of sp³-hybridized carbons (Fsp3) is 0. The van der Waals surface area contributed by atoms with Crippen LogP contribution >= 0.6 is 11.6 Å². The number of hydrogen-bond donors (Lipinski definition) is 2. The summed E-state index contributed by atoms with van der Waals surface area (Å²) in [7, 11) is 0. The van der Waals surface area contributed by atoms with Crippen LogP contribution in [0.25, 0.3) is 0 Å². The van der Waals surface area contributed by atoms with Crippen LogP contribution in [0.3, 0.4) is 0 Å². The molecule has 4 nitrogen and oxygen atoms in total. The fourth-order valence-electron chi connectivity index (χ4n) is 0.673. The zero-order valence-electron chi connectivity index (χ0n) is 5.50. The Hall–Kier alpha value is -1.47. The lowest BCUT2D eigenvalue weighted by molar-refractivity contribution is 1.31. The first-order valence-corrected chi connectivity index (χ1v) is 3.14. The first-order chi connectivity index (χ1) is 5.15. The molecule has 5 heteroatoms. The minimum Gasteiger partial charge on any atom is -0.397 e. The van der Waals surface area contributed by atoms with Crippen LogP contribution in [0.1, 0.15) is 5.56 Å². The molecule has 0 saturated carbocycles. The molecule has 0 fully saturated rings. The third-order valence-electron chi connectivity index (χ3n) is 1.16. The summed E-state index contributed by atoms with van der Waals surface area (Å²) in [4.78, 5) is 3.65. The van der Waals surface area contributed by atoms with E-state index < -0.39 is 0 Å². The van der Waals surface area contributed by atoms with E-state index in [1.54, 1.807) is 0 Å². The molecular formula is C6H5ClN4.